The summed E-state index contributed by atoms with van der Waals surface area (Å²) in [5.74, 6) is 0. The number of hydrogen-bond donors (Lipinski definition) is 1. The molecule has 3 aromatic rings. The minimum absolute atomic E-state index is 0.0493. The summed E-state index contributed by atoms with van der Waals surface area (Å²) in [5.41, 5.74) is 2.50. The summed E-state index contributed by atoms with van der Waals surface area (Å²) in [6, 6.07) is 9.48. The summed E-state index contributed by atoms with van der Waals surface area (Å²) in [6.45, 7) is 3.54. The van der Waals surface area contributed by atoms with Gasteiger partial charge < -0.3 is 4.57 Å². The Morgan fingerprint density at radius 3 is 2.42 bits per heavy atom. The van der Waals surface area contributed by atoms with Crippen LogP contribution >= 0.6 is 11.6 Å². The van der Waals surface area contributed by atoms with Gasteiger partial charge in [-0.05, 0) is 26.0 Å². The van der Waals surface area contributed by atoms with Gasteiger partial charge in [0.2, 0.25) is 5.03 Å². The molecule has 9 heteroatoms. The summed E-state index contributed by atoms with van der Waals surface area (Å²) in [4.78, 5) is 3.86. The highest BCUT2D eigenvalue weighted by Crippen LogP contribution is 2.27. The van der Waals surface area contributed by atoms with Crippen LogP contribution in [0.5, 0.6) is 0 Å². The van der Waals surface area contributed by atoms with Crippen molar-refractivity contribution in [2.24, 2.45) is 7.05 Å². The number of halogens is 1. The van der Waals surface area contributed by atoms with Crippen molar-refractivity contribution in [2.45, 2.75) is 18.9 Å². The molecule has 24 heavy (non-hydrogen) atoms. The van der Waals surface area contributed by atoms with Crippen molar-refractivity contribution in [2.75, 3.05) is 4.72 Å². The zero-order valence-corrected chi connectivity index (χ0v) is 14.9. The van der Waals surface area contributed by atoms with E-state index in [9.17, 15) is 8.42 Å². The van der Waals surface area contributed by atoms with E-state index in [-0.39, 0.29) is 10.2 Å². The number of sulfonamides is 1. The molecule has 0 saturated carbocycles. The number of hydrogen-bond acceptors (Lipinski definition) is 4. The maximum Gasteiger partial charge on any atom is 0.282 e. The minimum atomic E-state index is -3.90. The SMILES string of the molecule is Cc1nn(-c2ccccc2)c(C)c1NS(=O)(=O)c1ncn(C)c1Cl. The normalized spacial score (nSPS) is 11.7. The zero-order chi connectivity index (χ0) is 17.5. The Morgan fingerprint density at radius 1 is 1.17 bits per heavy atom. The highest BCUT2D eigenvalue weighted by Gasteiger charge is 2.25. The van der Waals surface area contributed by atoms with Crippen molar-refractivity contribution >= 4 is 27.3 Å². The van der Waals surface area contributed by atoms with Crippen molar-refractivity contribution in [1.82, 2.24) is 19.3 Å². The van der Waals surface area contributed by atoms with Crippen molar-refractivity contribution in [3.05, 3.63) is 53.2 Å². The lowest BCUT2D eigenvalue weighted by atomic mass is 10.3. The van der Waals surface area contributed by atoms with Gasteiger partial charge in [0.1, 0.15) is 5.15 Å². The van der Waals surface area contributed by atoms with E-state index in [0.717, 1.165) is 5.69 Å². The molecule has 126 valence electrons. The molecular formula is C15H16ClN5O2S. The van der Waals surface area contributed by atoms with Gasteiger partial charge in [0.25, 0.3) is 10.0 Å². The molecule has 0 radical (unpaired) electrons. The van der Waals surface area contributed by atoms with E-state index in [1.165, 1.54) is 10.9 Å². The summed E-state index contributed by atoms with van der Waals surface area (Å²) in [6.07, 6.45) is 1.35. The van der Waals surface area contributed by atoms with Crippen LogP contribution < -0.4 is 4.72 Å². The van der Waals surface area contributed by atoms with Gasteiger partial charge in [-0.2, -0.15) is 13.5 Å². The molecule has 0 atom stereocenters. The Kier molecular flexibility index (Phi) is 4.10. The van der Waals surface area contributed by atoms with Crippen LogP contribution in [0.2, 0.25) is 5.15 Å². The van der Waals surface area contributed by atoms with Crippen LogP contribution in [0.3, 0.4) is 0 Å². The van der Waals surface area contributed by atoms with Gasteiger partial charge in [-0.15, -0.1) is 0 Å². The summed E-state index contributed by atoms with van der Waals surface area (Å²) >= 11 is 6.00. The number of benzene rings is 1. The summed E-state index contributed by atoms with van der Waals surface area (Å²) < 4.78 is 30.8. The Morgan fingerprint density at radius 2 is 1.83 bits per heavy atom. The van der Waals surface area contributed by atoms with Gasteiger partial charge in [-0.3, -0.25) is 4.72 Å². The lowest BCUT2D eigenvalue weighted by molar-refractivity contribution is 0.598. The minimum Gasteiger partial charge on any atom is -0.324 e. The fraction of sp³-hybridized carbons (Fsp3) is 0.200. The first-order valence-electron chi connectivity index (χ1n) is 7.12. The predicted octanol–water partition coefficient (Wildman–Crippen LogP) is 2.68. The molecule has 0 bridgehead atoms. The topological polar surface area (TPSA) is 81.8 Å². The number of aryl methyl sites for hydroxylation is 2. The summed E-state index contributed by atoms with van der Waals surface area (Å²) in [5, 5.41) is 4.26. The fourth-order valence-electron chi connectivity index (χ4n) is 2.37. The second kappa shape index (κ2) is 5.95. The van der Waals surface area contributed by atoms with Crippen molar-refractivity contribution in [3.63, 3.8) is 0 Å². The van der Waals surface area contributed by atoms with Crippen LogP contribution in [-0.4, -0.2) is 27.7 Å². The first-order chi connectivity index (χ1) is 11.3. The highest BCUT2D eigenvalue weighted by atomic mass is 35.5. The molecule has 0 saturated heterocycles. The van der Waals surface area contributed by atoms with Crippen LogP contribution in [-0.2, 0) is 17.1 Å². The Bertz CT molecular complexity index is 993. The first kappa shape index (κ1) is 16.5. The predicted molar refractivity (Wildman–Crippen MR) is 92.1 cm³/mol. The monoisotopic (exact) mass is 365 g/mol. The van der Waals surface area contributed by atoms with E-state index in [0.29, 0.717) is 17.1 Å². The van der Waals surface area contributed by atoms with Gasteiger partial charge in [0.15, 0.2) is 0 Å². The third kappa shape index (κ3) is 2.78. The zero-order valence-electron chi connectivity index (χ0n) is 13.4. The van der Waals surface area contributed by atoms with E-state index >= 15 is 0 Å². The molecule has 0 spiro atoms. The molecule has 0 aliphatic carbocycles. The summed E-state index contributed by atoms with van der Waals surface area (Å²) in [7, 11) is -2.28. The molecule has 3 rings (SSSR count). The molecule has 0 amide bonds. The smallest absolute Gasteiger partial charge is 0.282 e. The third-order valence-electron chi connectivity index (χ3n) is 3.62. The average molecular weight is 366 g/mol. The van der Waals surface area contributed by atoms with Gasteiger partial charge in [-0.1, -0.05) is 29.8 Å². The van der Waals surface area contributed by atoms with Gasteiger partial charge in [0, 0.05) is 7.05 Å². The average Bonchev–Trinajstić information content (AvgIpc) is 3.03. The van der Waals surface area contributed by atoms with Crippen LogP contribution in [0, 0.1) is 13.8 Å². The van der Waals surface area contributed by atoms with E-state index < -0.39 is 10.0 Å². The number of aromatic nitrogens is 4. The van der Waals surface area contributed by atoms with Gasteiger partial charge in [0.05, 0.1) is 29.1 Å². The van der Waals surface area contributed by atoms with Crippen molar-refractivity contribution in [3.8, 4) is 5.69 Å². The van der Waals surface area contributed by atoms with Crippen LogP contribution in [0.1, 0.15) is 11.4 Å². The van der Waals surface area contributed by atoms with E-state index in [4.69, 9.17) is 11.6 Å². The standard InChI is InChI=1S/C15H16ClN5O2S/c1-10-13(11(2)21(18-10)12-7-5-4-6-8-12)19-24(22,23)15-14(16)20(3)9-17-15/h4-9,19H,1-3H3. The first-order valence-corrected chi connectivity index (χ1v) is 8.98. The maximum atomic E-state index is 12.6. The molecule has 0 fully saturated rings. The van der Waals surface area contributed by atoms with Gasteiger partial charge >= 0.3 is 0 Å². The molecule has 0 aliphatic rings. The number of para-hydroxylation sites is 1. The fourth-order valence-corrected chi connectivity index (χ4v) is 3.98. The van der Waals surface area contributed by atoms with Crippen molar-refractivity contribution in [1.29, 1.82) is 0 Å². The number of anilines is 1. The maximum absolute atomic E-state index is 12.6. The van der Waals surface area contributed by atoms with E-state index in [2.05, 4.69) is 14.8 Å². The van der Waals surface area contributed by atoms with E-state index in [1.807, 2.05) is 30.3 Å². The highest BCUT2D eigenvalue weighted by molar-refractivity contribution is 7.92. The van der Waals surface area contributed by atoms with Crippen LogP contribution in [0.4, 0.5) is 5.69 Å². The molecule has 1 aromatic carbocycles. The molecule has 1 N–H and O–H groups in total. The second-order valence-corrected chi connectivity index (χ2v) is 7.31. The lowest BCUT2D eigenvalue weighted by Crippen LogP contribution is -2.15. The Labute approximate surface area is 145 Å². The number of nitrogens with zero attached hydrogens (tertiary/aromatic N) is 4. The molecule has 2 heterocycles. The number of imidazole rings is 1. The second-order valence-electron chi connectivity index (χ2n) is 5.35. The number of rotatable bonds is 4. The lowest BCUT2D eigenvalue weighted by Gasteiger charge is -2.08. The quantitative estimate of drug-likeness (QED) is 0.770. The number of nitrogens with one attached hydrogen (secondary N) is 1. The Hall–Kier alpha value is -2.32. The third-order valence-corrected chi connectivity index (χ3v) is 5.46. The largest absolute Gasteiger partial charge is 0.324 e. The molecule has 0 aliphatic heterocycles. The molecule has 7 nitrogen and oxygen atoms in total. The molecule has 2 aromatic heterocycles. The molecular weight excluding hydrogens is 350 g/mol. The van der Waals surface area contributed by atoms with Crippen molar-refractivity contribution < 1.29 is 8.42 Å². The van der Waals surface area contributed by atoms with E-state index in [1.54, 1.807) is 25.6 Å². The van der Waals surface area contributed by atoms with Crippen LogP contribution in [0.25, 0.3) is 5.69 Å². The Balaban J connectivity index is 2.02. The van der Waals surface area contributed by atoms with Crippen LogP contribution in [0.15, 0.2) is 41.7 Å². The molecule has 0 unspecified atom stereocenters. The van der Waals surface area contributed by atoms with Gasteiger partial charge in [-0.25, -0.2) is 9.67 Å².